The van der Waals surface area contributed by atoms with Crippen LogP contribution in [0.5, 0.6) is 0 Å². The highest BCUT2D eigenvalue weighted by Gasteiger charge is 2.29. The molecule has 1 aliphatic rings. The number of hydrogen-bond donors (Lipinski definition) is 0. The molecular weight excluding hydrogens is 337 g/mol. The van der Waals surface area contributed by atoms with E-state index in [0.29, 0.717) is 17.6 Å². The van der Waals surface area contributed by atoms with E-state index in [0.717, 1.165) is 16.7 Å². The highest BCUT2D eigenvalue weighted by Crippen LogP contribution is 2.25. The quantitative estimate of drug-likeness (QED) is 0.740. The third-order valence-corrected chi connectivity index (χ3v) is 4.05. The molecule has 1 heterocycles. The topological polar surface area (TPSA) is 29.5 Å². The third-order valence-electron chi connectivity index (χ3n) is 3.04. The molecule has 0 N–H and O–H groups in total. The SMILES string of the molecule is Cc1cc(C=C2CN(C(=O)OC(C)(C)C)C2)cc(F)c1Br. The fraction of sp³-hybridized carbons (Fsp3) is 0.438. The molecule has 1 fully saturated rings. The maximum atomic E-state index is 13.6. The summed E-state index contributed by atoms with van der Waals surface area (Å²) in [7, 11) is 0. The minimum Gasteiger partial charge on any atom is -0.444 e. The van der Waals surface area contributed by atoms with Crippen molar-refractivity contribution < 1.29 is 13.9 Å². The van der Waals surface area contributed by atoms with Crippen LogP contribution in [0.25, 0.3) is 6.08 Å². The Morgan fingerprint density at radius 3 is 2.52 bits per heavy atom. The third kappa shape index (κ3) is 4.06. The Labute approximate surface area is 132 Å². The van der Waals surface area contributed by atoms with E-state index in [4.69, 9.17) is 4.74 Å². The maximum absolute atomic E-state index is 13.6. The zero-order valence-corrected chi connectivity index (χ0v) is 14.3. The van der Waals surface area contributed by atoms with E-state index in [1.807, 2.05) is 39.8 Å². The van der Waals surface area contributed by atoms with Crippen molar-refractivity contribution >= 4 is 28.1 Å². The lowest BCUT2D eigenvalue weighted by Crippen LogP contribution is -2.46. The fourth-order valence-corrected chi connectivity index (χ4v) is 2.29. The molecule has 1 saturated heterocycles. The van der Waals surface area contributed by atoms with Crippen LogP contribution in [0.3, 0.4) is 0 Å². The molecule has 0 aromatic heterocycles. The van der Waals surface area contributed by atoms with Gasteiger partial charge in [0.25, 0.3) is 0 Å². The Bertz CT molecular complexity index is 574. The average Bonchev–Trinajstić information content (AvgIpc) is 2.27. The lowest BCUT2D eigenvalue weighted by molar-refractivity contribution is 0.0216. The van der Waals surface area contributed by atoms with E-state index in [1.54, 1.807) is 4.90 Å². The number of aryl methyl sites for hydroxylation is 1. The number of halogens is 2. The molecule has 3 nitrogen and oxygen atoms in total. The molecule has 0 unspecified atom stereocenters. The van der Waals surface area contributed by atoms with Crippen molar-refractivity contribution in [3.8, 4) is 0 Å². The van der Waals surface area contributed by atoms with Crippen molar-refractivity contribution in [1.29, 1.82) is 0 Å². The van der Waals surface area contributed by atoms with Crippen LogP contribution in [0.2, 0.25) is 0 Å². The number of carbonyl (C=O) groups excluding carboxylic acids is 1. The summed E-state index contributed by atoms with van der Waals surface area (Å²) in [6.07, 6.45) is 1.61. The molecule has 0 atom stereocenters. The highest BCUT2D eigenvalue weighted by atomic mass is 79.9. The van der Waals surface area contributed by atoms with Crippen molar-refractivity contribution in [3.05, 3.63) is 39.1 Å². The number of benzene rings is 1. The van der Waals surface area contributed by atoms with Gasteiger partial charge < -0.3 is 9.64 Å². The Kier molecular flexibility index (Phi) is 4.42. The zero-order valence-electron chi connectivity index (χ0n) is 12.7. The van der Waals surface area contributed by atoms with Gasteiger partial charge in [-0.2, -0.15) is 0 Å². The lowest BCUT2D eigenvalue weighted by Gasteiger charge is -2.35. The van der Waals surface area contributed by atoms with E-state index in [2.05, 4.69) is 15.9 Å². The normalized spacial score (nSPS) is 14.8. The Morgan fingerprint density at radius 1 is 1.38 bits per heavy atom. The fourth-order valence-electron chi connectivity index (χ4n) is 2.06. The minimum atomic E-state index is -0.484. The standard InChI is InChI=1S/C16H19BrFNO2/c1-10-5-11(7-13(18)14(10)17)6-12-8-19(9-12)15(20)21-16(2,3)4/h5-7H,8-9H2,1-4H3. The molecule has 0 aliphatic carbocycles. The van der Waals surface area contributed by atoms with Gasteiger partial charge in [0.2, 0.25) is 0 Å². The van der Waals surface area contributed by atoms with Crippen LogP contribution in [0, 0.1) is 12.7 Å². The first-order chi connectivity index (χ1) is 9.65. The molecule has 0 bridgehead atoms. The van der Waals surface area contributed by atoms with Crippen molar-refractivity contribution in [2.24, 2.45) is 0 Å². The Morgan fingerprint density at radius 2 is 2.00 bits per heavy atom. The molecule has 2 rings (SSSR count). The molecule has 5 heteroatoms. The second-order valence-electron chi connectivity index (χ2n) is 6.27. The van der Waals surface area contributed by atoms with Gasteiger partial charge in [-0.25, -0.2) is 9.18 Å². The number of nitrogens with zero attached hydrogens (tertiary/aromatic N) is 1. The van der Waals surface area contributed by atoms with E-state index in [9.17, 15) is 9.18 Å². The first-order valence-corrected chi connectivity index (χ1v) is 7.58. The van der Waals surface area contributed by atoms with Gasteiger partial charge in [-0.05, 0) is 66.4 Å². The smallest absolute Gasteiger partial charge is 0.410 e. The van der Waals surface area contributed by atoms with Gasteiger partial charge >= 0.3 is 6.09 Å². The number of likely N-dealkylation sites (tertiary alicyclic amines) is 1. The van der Waals surface area contributed by atoms with Crippen molar-refractivity contribution in [3.63, 3.8) is 0 Å². The summed E-state index contributed by atoms with van der Waals surface area (Å²) in [4.78, 5) is 13.4. The summed E-state index contributed by atoms with van der Waals surface area (Å²) >= 11 is 3.20. The molecule has 1 amide bonds. The van der Waals surface area contributed by atoms with Crippen molar-refractivity contribution in [2.45, 2.75) is 33.3 Å². The molecule has 0 spiro atoms. The van der Waals surface area contributed by atoms with Gasteiger partial charge in [0.1, 0.15) is 11.4 Å². The number of carbonyl (C=O) groups is 1. The molecule has 0 radical (unpaired) electrons. The monoisotopic (exact) mass is 355 g/mol. The first kappa shape index (κ1) is 16.0. The predicted molar refractivity (Wildman–Crippen MR) is 84.6 cm³/mol. The van der Waals surface area contributed by atoms with Gasteiger partial charge in [-0.1, -0.05) is 12.1 Å². The Balaban J connectivity index is 2.00. The van der Waals surface area contributed by atoms with Crippen LogP contribution in [0.4, 0.5) is 9.18 Å². The van der Waals surface area contributed by atoms with Crippen LogP contribution in [-0.2, 0) is 4.74 Å². The van der Waals surface area contributed by atoms with E-state index in [-0.39, 0.29) is 11.9 Å². The summed E-state index contributed by atoms with van der Waals surface area (Å²) in [6.45, 7) is 8.44. The number of amides is 1. The van der Waals surface area contributed by atoms with Crippen LogP contribution in [-0.4, -0.2) is 29.7 Å². The summed E-state index contributed by atoms with van der Waals surface area (Å²) in [5, 5.41) is 0. The van der Waals surface area contributed by atoms with Crippen LogP contribution in [0.1, 0.15) is 31.9 Å². The predicted octanol–water partition coefficient (Wildman–Crippen LogP) is 4.53. The Hall–Kier alpha value is -1.36. The molecule has 0 saturated carbocycles. The number of rotatable bonds is 1. The second-order valence-corrected chi connectivity index (χ2v) is 7.07. The van der Waals surface area contributed by atoms with Gasteiger partial charge in [0, 0.05) is 13.1 Å². The molecule has 1 aromatic carbocycles. The number of hydrogen-bond acceptors (Lipinski definition) is 2. The highest BCUT2D eigenvalue weighted by molar-refractivity contribution is 9.10. The van der Waals surface area contributed by atoms with Crippen LogP contribution < -0.4 is 0 Å². The molecular formula is C16H19BrFNO2. The average molecular weight is 356 g/mol. The van der Waals surface area contributed by atoms with Crippen LogP contribution >= 0.6 is 15.9 Å². The van der Waals surface area contributed by atoms with Gasteiger partial charge in [0.05, 0.1) is 4.47 Å². The van der Waals surface area contributed by atoms with E-state index >= 15 is 0 Å². The molecule has 114 valence electrons. The summed E-state index contributed by atoms with van der Waals surface area (Å²) in [5.74, 6) is -0.273. The van der Waals surface area contributed by atoms with Crippen molar-refractivity contribution in [2.75, 3.05) is 13.1 Å². The summed E-state index contributed by atoms with van der Waals surface area (Å²) in [6, 6.07) is 3.40. The first-order valence-electron chi connectivity index (χ1n) is 6.79. The number of ether oxygens (including phenoxy) is 1. The summed E-state index contributed by atoms with van der Waals surface area (Å²) in [5.41, 5.74) is 2.27. The minimum absolute atomic E-state index is 0.273. The zero-order chi connectivity index (χ0) is 15.8. The molecule has 1 aromatic rings. The van der Waals surface area contributed by atoms with Crippen LogP contribution in [0.15, 0.2) is 22.2 Å². The summed E-state index contributed by atoms with van der Waals surface area (Å²) < 4.78 is 19.4. The largest absolute Gasteiger partial charge is 0.444 e. The maximum Gasteiger partial charge on any atom is 0.410 e. The second kappa shape index (κ2) is 5.79. The van der Waals surface area contributed by atoms with Gasteiger partial charge in [-0.3, -0.25) is 0 Å². The molecule has 21 heavy (non-hydrogen) atoms. The molecule has 1 aliphatic heterocycles. The van der Waals surface area contributed by atoms with E-state index in [1.165, 1.54) is 6.07 Å². The van der Waals surface area contributed by atoms with Crippen molar-refractivity contribution in [1.82, 2.24) is 4.90 Å². The van der Waals surface area contributed by atoms with Gasteiger partial charge in [-0.15, -0.1) is 0 Å². The van der Waals surface area contributed by atoms with E-state index < -0.39 is 5.60 Å². The van der Waals surface area contributed by atoms with Gasteiger partial charge in [0.15, 0.2) is 0 Å². The lowest BCUT2D eigenvalue weighted by atomic mass is 10.0.